The summed E-state index contributed by atoms with van der Waals surface area (Å²) in [6, 6.07) is 3.19. The number of alkyl halides is 6. The van der Waals surface area contributed by atoms with E-state index in [2.05, 4.69) is 0 Å². The summed E-state index contributed by atoms with van der Waals surface area (Å²) in [7, 11) is -4.22. The van der Waals surface area contributed by atoms with Crippen molar-refractivity contribution in [1.29, 1.82) is 0 Å². The molecule has 0 unspecified atom stereocenters. The molecule has 0 N–H and O–H groups in total. The lowest BCUT2D eigenvalue weighted by Crippen LogP contribution is -2.13. The SMILES string of the molecule is O=S(=O)(Cc1ccc(F)c(C(F)(F)F)c1)Cc1ccc(F)c(C(F)(F)F)c1. The molecule has 0 atom stereocenters. The molecule has 0 aromatic heterocycles. The average molecular weight is 418 g/mol. The van der Waals surface area contributed by atoms with Crippen LogP contribution in [-0.4, -0.2) is 8.42 Å². The number of sulfone groups is 1. The highest BCUT2D eigenvalue weighted by atomic mass is 32.2. The van der Waals surface area contributed by atoms with Crippen molar-refractivity contribution >= 4 is 9.84 Å². The zero-order valence-corrected chi connectivity index (χ0v) is 13.9. The Bertz CT molecular complexity index is 874. The Hall–Kier alpha value is -2.17. The highest BCUT2D eigenvalue weighted by Gasteiger charge is 2.35. The average Bonchev–Trinajstić information content (AvgIpc) is 2.48. The number of hydrogen-bond acceptors (Lipinski definition) is 2. The van der Waals surface area contributed by atoms with Crippen LogP contribution in [-0.2, 0) is 33.7 Å². The number of halogens is 8. The van der Waals surface area contributed by atoms with Gasteiger partial charge < -0.3 is 0 Å². The number of hydrogen-bond donors (Lipinski definition) is 0. The monoisotopic (exact) mass is 418 g/mol. The molecule has 0 saturated carbocycles. The minimum Gasteiger partial charge on any atom is -0.228 e. The lowest BCUT2D eigenvalue weighted by Gasteiger charge is -2.12. The highest BCUT2D eigenvalue weighted by molar-refractivity contribution is 7.89. The van der Waals surface area contributed by atoms with Crippen LogP contribution in [0.15, 0.2) is 36.4 Å². The standard InChI is InChI=1S/C16H10F8O2S/c17-13-3-1-9(5-11(13)15(19,20)21)7-27(25,26)8-10-2-4-14(18)12(6-10)16(22,23)24/h1-6H,7-8H2. The number of rotatable bonds is 4. The Morgan fingerprint density at radius 2 is 1.00 bits per heavy atom. The van der Waals surface area contributed by atoms with Crippen LogP contribution in [0.5, 0.6) is 0 Å². The molecule has 2 aromatic carbocycles. The van der Waals surface area contributed by atoms with Crippen molar-refractivity contribution in [2.75, 3.05) is 0 Å². The molecule has 0 spiro atoms. The molecule has 2 nitrogen and oxygen atoms in total. The molecule has 0 radical (unpaired) electrons. The first kappa shape index (κ1) is 21.1. The first-order valence-electron chi connectivity index (χ1n) is 7.11. The van der Waals surface area contributed by atoms with Crippen LogP contribution < -0.4 is 0 Å². The molecule has 0 amide bonds. The van der Waals surface area contributed by atoms with E-state index in [1.165, 1.54) is 0 Å². The molecule has 11 heteroatoms. The van der Waals surface area contributed by atoms with Crippen LogP contribution in [0.2, 0.25) is 0 Å². The summed E-state index contributed by atoms with van der Waals surface area (Å²) in [4.78, 5) is 0. The van der Waals surface area contributed by atoms with E-state index in [4.69, 9.17) is 0 Å². The normalized spacial score (nSPS) is 13.0. The second-order valence-corrected chi connectivity index (χ2v) is 7.72. The van der Waals surface area contributed by atoms with Crippen molar-refractivity contribution in [1.82, 2.24) is 0 Å². The van der Waals surface area contributed by atoms with Gasteiger partial charge in [0.05, 0.1) is 22.6 Å². The molecule has 2 rings (SSSR count). The van der Waals surface area contributed by atoms with Crippen LogP contribution in [0, 0.1) is 11.6 Å². The van der Waals surface area contributed by atoms with Gasteiger partial charge in [-0.15, -0.1) is 0 Å². The van der Waals surface area contributed by atoms with E-state index < -0.39 is 56.5 Å². The van der Waals surface area contributed by atoms with Crippen molar-refractivity contribution < 1.29 is 43.5 Å². The maximum absolute atomic E-state index is 13.2. The minimum atomic E-state index is -5.04. The fourth-order valence-electron chi connectivity index (χ4n) is 2.32. The van der Waals surface area contributed by atoms with Crippen LogP contribution in [0.4, 0.5) is 35.1 Å². The summed E-state index contributed by atoms with van der Waals surface area (Å²) in [5, 5.41) is 0. The van der Waals surface area contributed by atoms with Gasteiger partial charge in [-0.05, 0) is 35.4 Å². The van der Waals surface area contributed by atoms with Crippen LogP contribution in [0.1, 0.15) is 22.3 Å². The Kier molecular flexibility index (Phi) is 5.56. The van der Waals surface area contributed by atoms with Gasteiger partial charge in [-0.1, -0.05) is 12.1 Å². The topological polar surface area (TPSA) is 34.1 Å². The summed E-state index contributed by atoms with van der Waals surface area (Å²) in [5.41, 5.74) is -4.09. The fraction of sp³-hybridized carbons (Fsp3) is 0.250. The highest BCUT2D eigenvalue weighted by Crippen LogP contribution is 2.33. The lowest BCUT2D eigenvalue weighted by molar-refractivity contribution is -0.140. The summed E-state index contributed by atoms with van der Waals surface area (Å²) in [5.74, 6) is -5.10. The molecule has 0 saturated heterocycles. The van der Waals surface area contributed by atoms with Crippen molar-refractivity contribution in [3.63, 3.8) is 0 Å². The van der Waals surface area contributed by atoms with E-state index in [1.807, 2.05) is 0 Å². The Morgan fingerprint density at radius 1 is 0.667 bits per heavy atom. The van der Waals surface area contributed by atoms with Gasteiger partial charge in [-0.25, -0.2) is 17.2 Å². The molecule has 2 aromatic rings. The maximum atomic E-state index is 13.2. The maximum Gasteiger partial charge on any atom is 0.419 e. The van der Waals surface area contributed by atoms with Gasteiger partial charge in [-0.2, -0.15) is 26.3 Å². The van der Waals surface area contributed by atoms with Crippen molar-refractivity contribution in [2.45, 2.75) is 23.9 Å². The smallest absolute Gasteiger partial charge is 0.228 e. The molecule has 27 heavy (non-hydrogen) atoms. The molecule has 0 heterocycles. The molecule has 0 bridgehead atoms. The first-order chi connectivity index (χ1) is 12.2. The Morgan fingerprint density at radius 3 is 1.30 bits per heavy atom. The zero-order valence-electron chi connectivity index (χ0n) is 13.1. The van der Waals surface area contributed by atoms with Crippen molar-refractivity contribution in [3.05, 3.63) is 70.3 Å². The molecule has 0 aliphatic rings. The van der Waals surface area contributed by atoms with E-state index in [0.29, 0.717) is 24.3 Å². The molecular weight excluding hydrogens is 408 g/mol. The second-order valence-electron chi connectivity index (χ2n) is 5.66. The van der Waals surface area contributed by atoms with E-state index in [0.717, 1.165) is 12.1 Å². The van der Waals surface area contributed by atoms with E-state index in [9.17, 15) is 43.5 Å². The van der Waals surface area contributed by atoms with Gasteiger partial charge >= 0.3 is 12.4 Å². The lowest BCUT2D eigenvalue weighted by atomic mass is 10.1. The van der Waals surface area contributed by atoms with Gasteiger partial charge in [0.2, 0.25) is 0 Å². The van der Waals surface area contributed by atoms with Gasteiger partial charge in [0, 0.05) is 0 Å². The molecular formula is C16H10F8O2S. The summed E-state index contributed by atoms with van der Waals surface area (Å²) >= 11 is 0. The van der Waals surface area contributed by atoms with E-state index in [-0.39, 0.29) is 11.1 Å². The second kappa shape index (κ2) is 7.10. The van der Waals surface area contributed by atoms with Gasteiger partial charge in [0.25, 0.3) is 0 Å². The minimum absolute atomic E-state index is 0.318. The quantitative estimate of drug-likeness (QED) is 0.647. The predicted molar refractivity (Wildman–Crippen MR) is 79.1 cm³/mol. The fourth-order valence-corrected chi connectivity index (χ4v) is 3.79. The van der Waals surface area contributed by atoms with Gasteiger partial charge in [0.1, 0.15) is 11.6 Å². The van der Waals surface area contributed by atoms with Crippen LogP contribution in [0.25, 0.3) is 0 Å². The van der Waals surface area contributed by atoms with E-state index >= 15 is 0 Å². The van der Waals surface area contributed by atoms with Gasteiger partial charge in [0.15, 0.2) is 9.84 Å². The summed E-state index contributed by atoms with van der Waals surface area (Å²) < 4.78 is 127. The van der Waals surface area contributed by atoms with Gasteiger partial charge in [-0.3, -0.25) is 0 Å². The van der Waals surface area contributed by atoms with Crippen molar-refractivity contribution in [3.8, 4) is 0 Å². The largest absolute Gasteiger partial charge is 0.419 e. The Labute approximate surface area is 148 Å². The Balaban J connectivity index is 2.29. The third-order valence-corrected chi connectivity index (χ3v) is 4.99. The third-order valence-electron chi connectivity index (χ3n) is 3.45. The molecule has 0 fully saturated rings. The van der Waals surface area contributed by atoms with Crippen molar-refractivity contribution in [2.24, 2.45) is 0 Å². The predicted octanol–water partition coefficient (Wildman–Crippen LogP) is 5.12. The molecule has 0 aliphatic heterocycles. The number of benzene rings is 2. The molecule has 148 valence electrons. The summed E-state index contributed by atoms with van der Waals surface area (Å²) in [6.07, 6.45) is -10.1. The first-order valence-corrected chi connectivity index (χ1v) is 8.93. The van der Waals surface area contributed by atoms with Crippen LogP contribution in [0.3, 0.4) is 0 Å². The van der Waals surface area contributed by atoms with E-state index in [1.54, 1.807) is 0 Å². The zero-order chi connectivity index (χ0) is 20.6. The van der Waals surface area contributed by atoms with Crippen LogP contribution >= 0.6 is 0 Å². The summed E-state index contributed by atoms with van der Waals surface area (Å²) in [6.45, 7) is 0. The third kappa shape index (κ3) is 5.41. The molecule has 0 aliphatic carbocycles.